The maximum atomic E-state index is 12.9. The lowest BCUT2D eigenvalue weighted by molar-refractivity contribution is -0.137. The monoisotopic (exact) mass is 299 g/mol. The fraction of sp³-hybridized carbons (Fsp3) is 0.625. The van der Waals surface area contributed by atoms with E-state index < -0.39 is 11.7 Å². The van der Waals surface area contributed by atoms with Crippen LogP contribution in [0.15, 0.2) is 18.2 Å². The number of aryl methyl sites for hydroxylation is 1. The van der Waals surface area contributed by atoms with Crippen molar-refractivity contribution in [2.24, 2.45) is 11.3 Å². The molecular weight excluding hydrogens is 279 g/mol. The quantitative estimate of drug-likeness (QED) is 0.882. The third kappa shape index (κ3) is 2.31. The molecular formula is C16H20F3NO. The third-order valence-electron chi connectivity index (χ3n) is 4.98. The SMILES string of the molecule is Cc1ccc(C(F)(F)F)cc1NC1C2CCOC2C1(C)C. The molecule has 2 nitrogen and oxygen atoms in total. The lowest BCUT2D eigenvalue weighted by Gasteiger charge is -2.55. The van der Waals surface area contributed by atoms with E-state index in [4.69, 9.17) is 4.74 Å². The molecule has 1 aliphatic heterocycles. The van der Waals surface area contributed by atoms with Gasteiger partial charge >= 0.3 is 6.18 Å². The average molecular weight is 299 g/mol. The van der Waals surface area contributed by atoms with Crippen molar-refractivity contribution in [3.8, 4) is 0 Å². The first-order valence-electron chi connectivity index (χ1n) is 7.27. The number of anilines is 1. The molecule has 21 heavy (non-hydrogen) atoms. The average Bonchev–Trinajstić information content (AvgIpc) is 2.83. The van der Waals surface area contributed by atoms with Crippen LogP contribution in [0.4, 0.5) is 18.9 Å². The molecule has 1 saturated heterocycles. The molecule has 1 aliphatic carbocycles. The first-order valence-corrected chi connectivity index (χ1v) is 7.27. The van der Waals surface area contributed by atoms with Crippen LogP contribution in [0, 0.1) is 18.3 Å². The van der Waals surface area contributed by atoms with Gasteiger partial charge < -0.3 is 10.1 Å². The van der Waals surface area contributed by atoms with Gasteiger partial charge in [0.15, 0.2) is 0 Å². The molecule has 0 radical (unpaired) electrons. The van der Waals surface area contributed by atoms with Gasteiger partial charge in [-0.1, -0.05) is 19.9 Å². The van der Waals surface area contributed by atoms with Crippen LogP contribution >= 0.6 is 0 Å². The highest BCUT2D eigenvalue weighted by Gasteiger charge is 2.59. The van der Waals surface area contributed by atoms with Crippen molar-refractivity contribution in [1.29, 1.82) is 0 Å². The summed E-state index contributed by atoms with van der Waals surface area (Å²) in [7, 11) is 0. The van der Waals surface area contributed by atoms with E-state index in [2.05, 4.69) is 19.2 Å². The van der Waals surface area contributed by atoms with Gasteiger partial charge in [0, 0.05) is 29.7 Å². The van der Waals surface area contributed by atoms with Crippen molar-refractivity contribution in [2.45, 2.75) is 45.5 Å². The predicted molar refractivity (Wildman–Crippen MR) is 75.2 cm³/mol. The van der Waals surface area contributed by atoms with Gasteiger partial charge in [-0.25, -0.2) is 0 Å². The number of hydrogen-bond acceptors (Lipinski definition) is 2. The molecule has 116 valence electrons. The maximum Gasteiger partial charge on any atom is 0.416 e. The molecule has 0 aromatic heterocycles. The first-order chi connectivity index (χ1) is 9.71. The van der Waals surface area contributed by atoms with Crippen molar-refractivity contribution >= 4 is 5.69 Å². The fourth-order valence-corrected chi connectivity index (χ4v) is 3.74. The number of nitrogens with one attached hydrogen (secondary N) is 1. The van der Waals surface area contributed by atoms with Crippen LogP contribution < -0.4 is 5.32 Å². The summed E-state index contributed by atoms with van der Waals surface area (Å²) in [6.07, 6.45) is -3.11. The largest absolute Gasteiger partial charge is 0.416 e. The Morgan fingerprint density at radius 3 is 2.67 bits per heavy atom. The summed E-state index contributed by atoms with van der Waals surface area (Å²) in [5, 5.41) is 3.34. The minimum absolute atomic E-state index is 0.0537. The standard InChI is InChI=1S/C16H20F3NO/c1-9-4-5-10(16(17,18)19)8-12(9)20-13-11-6-7-21-14(11)15(13,2)3/h4-5,8,11,13-14,20H,6-7H2,1-3H3. The van der Waals surface area contributed by atoms with Crippen LogP contribution in [-0.4, -0.2) is 18.8 Å². The summed E-state index contributed by atoms with van der Waals surface area (Å²) >= 11 is 0. The third-order valence-corrected chi connectivity index (χ3v) is 4.98. The van der Waals surface area contributed by atoms with Gasteiger partial charge in [-0.3, -0.25) is 0 Å². The molecule has 0 amide bonds. The van der Waals surface area contributed by atoms with Crippen LogP contribution in [0.3, 0.4) is 0 Å². The van der Waals surface area contributed by atoms with E-state index in [-0.39, 0.29) is 17.6 Å². The van der Waals surface area contributed by atoms with Crippen LogP contribution in [0.25, 0.3) is 0 Å². The number of rotatable bonds is 2. The van der Waals surface area contributed by atoms with E-state index in [9.17, 15) is 13.2 Å². The predicted octanol–water partition coefficient (Wildman–Crippen LogP) is 4.24. The Labute approximate surface area is 122 Å². The second-order valence-corrected chi connectivity index (χ2v) is 6.71. The highest BCUT2D eigenvalue weighted by Crippen LogP contribution is 2.53. The van der Waals surface area contributed by atoms with E-state index in [1.54, 1.807) is 0 Å². The number of ether oxygens (including phenoxy) is 1. The lowest BCUT2D eigenvalue weighted by atomic mass is 9.57. The number of alkyl halides is 3. The molecule has 1 N–H and O–H groups in total. The van der Waals surface area contributed by atoms with Crippen LogP contribution in [0.2, 0.25) is 0 Å². The molecule has 3 unspecified atom stereocenters. The highest BCUT2D eigenvalue weighted by atomic mass is 19.4. The van der Waals surface area contributed by atoms with Gasteiger partial charge in [-0.15, -0.1) is 0 Å². The van der Waals surface area contributed by atoms with Gasteiger partial charge in [0.25, 0.3) is 0 Å². The zero-order valence-corrected chi connectivity index (χ0v) is 12.4. The van der Waals surface area contributed by atoms with Gasteiger partial charge in [-0.2, -0.15) is 13.2 Å². The highest BCUT2D eigenvalue weighted by molar-refractivity contribution is 5.55. The van der Waals surface area contributed by atoms with Gasteiger partial charge in [0.2, 0.25) is 0 Å². The maximum absolute atomic E-state index is 12.9. The zero-order valence-electron chi connectivity index (χ0n) is 12.4. The van der Waals surface area contributed by atoms with Crippen molar-refractivity contribution in [3.05, 3.63) is 29.3 Å². The molecule has 0 spiro atoms. The Morgan fingerprint density at radius 2 is 2.00 bits per heavy atom. The zero-order chi connectivity index (χ0) is 15.4. The van der Waals surface area contributed by atoms with Gasteiger partial charge in [0.1, 0.15) is 0 Å². The Morgan fingerprint density at radius 1 is 1.29 bits per heavy atom. The molecule has 5 heteroatoms. The van der Waals surface area contributed by atoms with E-state index in [1.807, 2.05) is 6.92 Å². The number of fused-ring (bicyclic) bond motifs is 1. The normalized spacial score (nSPS) is 30.7. The summed E-state index contributed by atoms with van der Waals surface area (Å²) in [4.78, 5) is 0. The van der Waals surface area contributed by atoms with E-state index >= 15 is 0 Å². The molecule has 1 aromatic rings. The Bertz CT molecular complexity index is 553. The summed E-state index contributed by atoms with van der Waals surface area (Å²) in [6, 6.07) is 4.04. The van der Waals surface area contributed by atoms with Crippen molar-refractivity contribution in [2.75, 3.05) is 11.9 Å². The number of hydrogen-bond donors (Lipinski definition) is 1. The Hall–Kier alpha value is -1.23. The molecule has 1 heterocycles. The Balaban J connectivity index is 1.85. The van der Waals surface area contributed by atoms with Gasteiger partial charge in [-0.05, 0) is 31.0 Å². The summed E-state index contributed by atoms with van der Waals surface area (Å²) in [6.45, 7) is 6.80. The number of benzene rings is 1. The summed E-state index contributed by atoms with van der Waals surface area (Å²) in [5.41, 5.74) is 0.753. The molecule has 0 bridgehead atoms. The molecule has 2 aliphatic rings. The van der Waals surface area contributed by atoms with Crippen molar-refractivity contribution in [1.82, 2.24) is 0 Å². The molecule has 3 rings (SSSR count). The minimum atomic E-state index is -4.31. The second kappa shape index (κ2) is 4.63. The van der Waals surface area contributed by atoms with E-state index in [0.29, 0.717) is 11.6 Å². The van der Waals surface area contributed by atoms with Gasteiger partial charge in [0.05, 0.1) is 11.7 Å². The lowest BCUT2D eigenvalue weighted by Crippen LogP contribution is -2.63. The number of halogens is 3. The second-order valence-electron chi connectivity index (χ2n) is 6.71. The summed E-state index contributed by atoms with van der Waals surface area (Å²) in [5.74, 6) is 0.397. The van der Waals surface area contributed by atoms with E-state index in [0.717, 1.165) is 24.7 Å². The molecule has 3 atom stereocenters. The molecule has 1 saturated carbocycles. The minimum Gasteiger partial charge on any atom is -0.381 e. The topological polar surface area (TPSA) is 21.3 Å². The summed E-state index contributed by atoms with van der Waals surface area (Å²) < 4.78 is 44.3. The van der Waals surface area contributed by atoms with Crippen molar-refractivity contribution in [3.63, 3.8) is 0 Å². The smallest absolute Gasteiger partial charge is 0.381 e. The fourth-order valence-electron chi connectivity index (χ4n) is 3.74. The van der Waals surface area contributed by atoms with E-state index in [1.165, 1.54) is 12.1 Å². The first kappa shape index (κ1) is 14.7. The molecule has 2 fully saturated rings. The van der Waals surface area contributed by atoms with Crippen LogP contribution in [0.5, 0.6) is 0 Å². The van der Waals surface area contributed by atoms with Crippen LogP contribution in [-0.2, 0) is 10.9 Å². The Kier molecular flexibility index (Phi) is 3.24. The van der Waals surface area contributed by atoms with Crippen LogP contribution in [0.1, 0.15) is 31.4 Å². The molecule has 1 aromatic carbocycles. The van der Waals surface area contributed by atoms with Crippen molar-refractivity contribution < 1.29 is 17.9 Å².